The van der Waals surface area contributed by atoms with Crippen LogP contribution in [0.4, 0.5) is 10.1 Å². The Morgan fingerprint density at radius 1 is 1.15 bits per heavy atom. The van der Waals surface area contributed by atoms with Gasteiger partial charge in [0.1, 0.15) is 5.82 Å². The quantitative estimate of drug-likeness (QED) is 0.772. The number of rotatable bonds is 8. The van der Waals surface area contributed by atoms with E-state index in [0.717, 1.165) is 37.3 Å². The monoisotopic (exact) mass is 280 g/mol. The summed E-state index contributed by atoms with van der Waals surface area (Å²) in [5.74, 6) is 1.11. The van der Waals surface area contributed by atoms with Gasteiger partial charge in [0, 0.05) is 20.1 Å². The lowest BCUT2D eigenvalue weighted by Gasteiger charge is -2.24. The first-order valence-electron chi connectivity index (χ1n) is 7.61. The molecule has 0 atom stereocenters. The molecule has 0 radical (unpaired) electrons. The molecule has 1 aromatic rings. The molecule has 2 nitrogen and oxygen atoms in total. The van der Waals surface area contributed by atoms with Crippen molar-refractivity contribution in [2.24, 2.45) is 11.8 Å². The Balaban J connectivity index is 2.76. The van der Waals surface area contributed by atoms with Crippen LogP contribution in [0.5, 0.6) is 0 Å². The zero-order chi connectivity index (χ0) is 15.1. The van der Waals surface area contributed by atoms with Crippen molar-refractivity contribution in [1.82, 2.24) is 5.32 Å². The van der Waals surface area contributed by atoms with Gasteiger partial charge in [-0.05, 0) is 36.4 Å². The second kappa shape index (κ2) is 8.25. The zero-order valence-electron chi connectivity index (χ0n) is 13.5. The summed E-state index contributed by atoms with van der Waals surface area (Å²) in [4.78, 5) is 2.04. The third-order valence-electron chi connectivity index (χ3n) is 3.36. The van der Waals surface area contributed by atoms with Gasteiger partial charge in [-0.15, -0.1) is 0 Å². The summed E-state index contributed by atoms with van der Waals surface area (Å²) >= 11 is 0. The van der Waals surface area contributed by atoms with Gasteiger partial charge < -0.3 is 10.2 Å². The largest absolute Gasteiger partial charge is 0.372 e. The smallest absolute Gasteiger partial charge is 0.146 e. The highest BCUT2D eigenvalue weighted by atomic mass is 19.1. The van der Waals surface area contributed by atoms with Crippen molar-refractivity contribution in [3.8, 4) is 0 Å². The molecule has 114 valence electrons. The van der Waals surface area contributed by atoms with Crippen molar-refractivity contribution >= 4 is 5.69 Å². The van der Waals surface area contributed by atoms with Crippen LogP contribution in [0, 0.1) is 17.7 Å². The van der Waals surface area contributed by atoms with Crippen LogP contribution in [-0.2, 0) is 6.54 Å². The SMILES string of the molecule is CC(C)CCN(C)c1c(F)cccc1CNCC(C)C. The molecule has 0 aliphatic heterocycles. The van der Waals surface area contributed by atoms with Gasteiger partial charge in [0.05, 0.1) is 5.69 Å². The average Bonchev–Trinajstić information content (AvgIpc) is 2.35. The maximum absolute atomic E-state index is 14.1. The van der Waals surface area contributed by atoms with E-state index in [0.29, 0.717) is 11.8 Å². The van der Waals surface area contributed by atoms with E-state index in [4.69, 9.17) is 0 Å². The van der Waals surface area contributed by atoms with E-state index in [1.807, 2.05) is 18.0 Å². The van der Waals surface area contributed by atoms with Gasteiger partial charge in [-0.1, -0.05) is 39.8 Å². The fourth-order valence-corrected chi connectivity index (χ4v) is 2.19. The van der Waals surface area contributed by atoms with E-state index in [-0.39, 0.29) is 5.82 Å². The van der Waals surface area contributed by atoms with E-state index < -0.39 is 0 Å². The molecule has 20 heavy (non-hydrogen) atoms. The molecule has 1 rings (SSSR count). The molecule has 0 heterocycles. The minimum atomic E-state index is -0.125. The third kappa shape index (κ3) is 5.49. The third-order valence-corrected chi connectivity index (χ3v) is 3.36. The van der Waals surface area contributed by atoms with Crippen LogP contribution in [-0.4, -0.2) is 20.1 Å². The summed E-state index contributed by atoms with van der Waals surface area (Å²) < 4.78 is 14.1. The molecule has 0 bridgehead atoms. The molecule has 0 aliphatic carbocycles. The number of halogens is 1. The normalized spacial score (nSPS) is 11.4. The van der Waals surface area contributed by atoms with Crippen molar-refractivity contribution in [3.05, 3.63) is 29.6 Å². The summed E-state index contributed by atoms with van der Waals surface area (Å²) in [7, 11) is 1.98. The van der Waals surface area contributed by atoms with Gasteiger partial charge in [-0.2, -0.15) is 0 Å². The number of benzene rings is 1. The van der Waals surface area contributed by atoms with E-state index in [9.17, 15) is 4.39 Å². The van der Waals surface area contributed by atoms with Gasteiger partial charge in [0.25, 0.3) is 0 Å². The molecule has 0 saturated carbocycles. The Kier molecular flexibility index (Phi) is 7.00. The Morgan fingerprint density at radius 2 is 1.85 bits per heavy atom. The highest BCUT2D eigenvalue weighted by Crippen LogP contribution is 2.24. The maximum Gasteiger partial charge on any atom is 0.146 e. The number of hydrogen-bond acceptors (Lipinski definition) is 2. The zero-order valence-corrected chi connectivity index (χ0v) is 13.5. The molecular formula is C17H29FN2. The van der Waals surface area contributed by atoms with E-state index in [1.54, 1.807) is 12.1 Å². The van der Waals surface area contributed by atoms with Crippen LogP contribution in [0.25, 0.3) is 0 Å². The highest BCUT2D eigenvalue weighted by molar-refractivity contribution is 5.54. The van der Waals surface area contributed by atoms with Crippen molar-refractivity contribution in [2.75, 3.05) is 25.0 Å². The molecule has 0 fully saturated rings. The van der Waals surface area contributed by atoms with Crippen LogP contribution in [0.3, 0.4) is 0 Å². The summed E-state index contributed by atoms with van der Waals surface area (Å²) in [6.45, 7) is 11.3. The number of hydrogen-bond donors (Lipinski definition) is 1. The van der Waals surface area contributed by atoms with Crippen LogP contribution < -0.4 is 10.2 Å². The van der Waals surface area contributed by atoms with Gasteiger partial charge in [-0.25, -0.2) is 4.39 Å². The minimum absolute atomic E-state index is 0.125. The highest BCUT2D eigenvalue weighted by Gasteiger charge is 2.13. The van der Waals surface area contributed by atoms with Gasteiger partial charge in [0.2, 0.25) is 0 Å². The van der Waals surface area contributed by atoms with Crippen molar-refractivity contribution in [2.45, 2.75) is 40.7 Å². The van der Waals surface area contributed by atoms with Gasteiger partial charge in [0.15, 0.2) is 0 Å². The molecule has 1 N–H and O–H groups in total. The Hall–Kier alpha value is -1.09. The van der Waals surface area contributed by atoms with Crippen molar-refractivity contribution in [1.29, 1.82) is 0 Å². The summed E-state index contributed by atoms with van der Waals surface area (Å²) in [5.41, 5.74) is 1.78. The summed E-state index contributed by atoms with van der Waals surface area (Å²) in [5, 5.41) is 3.40. The Labute approximate surface area is 123 Å². The topological polar surface area (TPSA) is 15.3 Å². The van der Waals surface area contributed by atoms with E-state index in [1.165, 1.54) is 0 Å². The molecular weight excluding hydrogens is 251 g/mol. The first-order valence-corrected chi connectivity index (χ1v) is 7.61. The van der Waals surface area contributed by atoms with Crippen molar-refractivity contribution in [3.63, 3.8) is 0 Å². The standard InChI is InChI=1S/C17H29FN2/c1-13(2)9-10-20(5)17-15(7-6-8-16(17)18)12-19-11-14(3)4/h6-8,13-14,19H,9-12H2,1-5H3. The number of para-hydroxylation sites is 1. The first-order chi connectivity index (χ1) is 9.41. The molecule has 0 saturated heterocycles. The molecule has 0 aliphatic rings. The molecule has 0 amide bonds. The summed E-state index contributed by atoms with van der Waals surface area (Å²) in [6.07, 6.45) is 1.07. The lowest BCUT2D eigenvalue weighted by Crippen LogP contribution is -2.25. The first kappa shape index (κ1) is 17.0. The molecule has 1 aromatic carbocycles. The second-order valence-electron chi connectivity index (χ2n) is 6.38. The average molecular weight is 280 g/mol. The predicted molar refractivity (Wildman–Crippen MR) is 85.7 cm³/mol. The Bertz CT molecular complexity index is 402. The predicted octanol–water partition coefficient (Wildman–Crippen LogP) is 4.05. The molecule has 0 aromatic heterocycles. The lowest BCUT2D eigenvalue weighted by atomic mass is 10.1. The van der Waals surface area contributed by atoms with Crippen LogP contribution in [0.15, 0.2) is 18.2 Å². The number of nitrogens with zero attached hydrogens (tertiary/aromatic N) is 1. The number of nitrogens with one attached hydrogen (secondary N) is 1. The molecule has 3 heteroatoms. The van der Waals surface area contributed by atoms with Gasteiger partial charge >= 0.3 is 0 Å². The lowest BCUT2D eigenvalue weighted by molar-refractivity contribution is 0.546. The van der Waals surface area contributed by atoms with Crippen molar-refractivity contribution < 1.29 is 4.39 Å². The minimum Gasteiger partial charge on any atom is -0.372 e. The number of anilines is 1. The fraction of sp³-hybridized carbons (Fsp3) is 0.647. The van der Waals surface area contributed by atoms with E-state index >= 15 is 0 Å². The molecule has 0 unspecified atom stereocenters. The second-order valence-corrected chi connectivity index (χ2v) is 6.38. The van der Waals surface area contributed by atoms with Gasteiger partial charge in [-0.3, -0.25) is 0 Å². The Morgan fingerprint density at radius 3 is 2.45 bits per heavy atom. The fourth-order valence-electron chi connectivity index (χ4n) is 2.19. The van der Waals surface area contributed by atoms with Crippen LogP contribution >= 0.6 is 0 Å². The van der Waals surface area contributed by atoms with Crippen LogP contribution in [0.1, 0.15) is 39.7 Å². The maximum atomic E-state index is 14.1. The molecule has 0 spiro atoms. The van der Waals surface area contributed by atoms with Crippen LogP contribution in [0.2, 0.25) is 0 Å². The summed E-state index contributed by atoms with van der Waals surface area (Å²) in [6, 6.07) is 5.35. The van der Waals surface area contributed by atoms with E-state index in [2.05, 4.69) is 33.0 Å².